The molecule has 4 heteroatoms. The third-order valence-corrected chi connectivity index (χ3v) is 4.07. The van der Waals surface area contributed by atoms with Crippen LogP contribution in [0, 0.1) is 17.6 Å². The smallest absolute Gasteiger partial charge is 0.130 e. The van der Waals surface area contributed by atoms with Gasteiger partial charge in [-0.1, -0.05) is 18.9 Å². The lowest BCUT2D eigenvalue weighted by Crippen LogP contribution is -2.39. The molecule has 0 bridgehead atoms. The molecule has 2 unspecified atom stereocenters. The quantitative estimate of drug-likeness (QED) is 0.822. The van der Waals surface area contributed by atoms with Crippen molar-refractivity contribution < 1.29 is 8.78 Å². The molecule has 2 atom stereocenters. The molecule has 0 spiro atoms. The number of benzene rings is 1. The first-order valence-electron chi connectivity index (χ1n) is 6.44. The Balaban J connectivity index is 1.93. The molecular weight excluding hydrogens is 256 g/mol. The van der Waals surface area contributed by atoms with Gasteiger partial charge in [0.1, 0.15) is 11.6 Å². The van der Waals surface area contributed by atoms with Gasteiger partial charge in [-0.15, -0.1) is 11.6 Å². The summed E-state index contributed by atoms with van der Waals surface area (Å²) in [4.78, 5) is 0. The average molecular weight is 274 g/mol. The van der Waals surface area contributed by atoms with Gasteiger partial charge in [0.25, 0.3) is 0 Å². The Kier molecular flexibility index (Phi) is 4.95. The van der Waals surface area contributed by atoms with Gasteiger partial charge in [0.05, 0.1) is 0 Å². The van der Waals surface area contributed by atoms with E-state index in [9.17, 15) is 8.78 Å². The van der Waals surface area contributed by atoms with Gasteiger partial charge in [-0.2, -0.15) is 0 Å². The third-order valence-electron chi connectivity index (χ3n) is 3.68. The average Bonchev–Trinajstić information content (AvgIpc) is 2.38. The van der Waals surface area contributed by atoms with Gasteiger partial charge < -0.3 is 5.32 Å². The number of hydrogen-bond acceptors (Lipinski definition) is 1. The fraction of sp³-hybridized carbons (Fsp3) is 0.571. The van der Waals surface area contributed by atoms with Crippen LogP contribution < -0.4 is 5.32 Å². The summed E-state index contributed by atoms with van der Waals surface area (Å²) in [5, 5.41) is 3.35. The Morgan fingerprint density at radius 1 is 1.22 bits per heavy atom. The summed E-state index contributed by atoms with van der Waals surface area (Å²) in [7, 11) is 0. The van der Waals surface area contributed by atoms with Gasteiger partial charge in [0.15, 0.2) is 0 Å². The Hall–Kier alpha value is -0.670. The van der Waals surface area contributed by atoms with E-state index in [2.05, 4.69) is 5.32 Å². The van der Waals surface area contributed by atoms with Crippen molar-refractivity contribution in [3.8, 4) is 0 Å². The molecule has 1 aliphatic rings. The molecule has 1 saturated carbocycles. The van der Waals surface area contributed by atoms with Crippen LogP contribution in [0.25, 0.3) is 0 Å². The van der Waals surface area contributed by atoms with Crippen LogP contribution in [0.4, 0.5) is 8.78 Å². The zero-order valence-electron chi connectivity index (χ0n) is 10.3. The van der Waals surface area contributed by atoms with Crippen LogP contribution in [0.3, 0.4) is 0 Å². The summed E-state index contributed by atoms with van der Waals surface area (Å²) in [6.07, 6.45) is 4.63. The standard InChI is InChI=1S/C14H18ClF2N/c15-8-10-3-1-2-4-14(10)18-9-11-5-6-12(16)7-13(11)17/h5-7,10,14,18H,1-4,8-9H2. The van der Waals surface area contributed by atoms with E-state index < -0.39 is 11.6 Å². The largest absolute Gasteiger partial charge is 0.309 e. The van der Waals surface area contributed by atoms with Crippen molar-refractivity contribution in [3.05, 3.63) is 35.4 Å². The highest BCUT2D eigenvalue weighted by Crippen LogP contribution is 2.25. The second-order valence-electron chi connectivity index (χ2n) is 4.92. The minimum absolute atomic E-state index is 0.348. The second-order valence-corrected chi connectivity index (χ2v) is 5.23. The fourth-order valence-electron chi connectivity index (χ4n) is 2.57. The summed E-state index contributed by atoms with van der Waals surface area (Å²) < 4.78 is 26.3. The Morgan fingerprint density at radius 3 is 2.72 bits per heavy atom. The predicted molar refractivity (Wildman–Crippen MR) is 69.7 cm³/mol. The Morgan fingerprint density at radius 2 is 2.00 bits per heavy atom. The number of alkyl halides is 1. The highest BCUT2D eigenvalue weighted by molar-refractivity contribution is 6.18. The SMILES string of the molecule is Fc1ccc(CNC2CCCCC2CCl)c(F)c1. The van der Waals surface area contributed by atoms with Crippen molar-refractivity contribution in [2.24, 2.45) is 5.92 Å². The molecule has 1 aromatic carbocycles. The maximum absolute atomic E-state index is 13.5. The van der Waals surface area contributed by atoms with Crippen molar-refractivity contribution in [1.82, 2.24) is 5.32 Å². The van der Waals surface area contributed by atoms with Gasteiger partial charge in [-0.25, -0.2) is 8.78 Å². The van der Waals surface area contributed by atoms with E-state index in [0.717, 1.165) is 18.9 Å². The summed E-state index contributed by atoms with van der Waals surface area (Å²) in [6, 6.07) is 4.06. The summed E-state index contributed by atoms with van der Waals surface area (Å²) in [5.74, 6) is 0.0843. The van der Waals surface area contributed by atoms with Crippen molar-refractivity contribution in [2.45, 2.75) is 38.3 Å². The number of halogens is 3. The first-order valence-corrected chi connectivity index (χ1v) is 6.97. The molecule has 1 fully saturated rings. The van der Waals surface area contributed by atoms with E-state index in [-0.39, 0.29) is 0 Å². The molecule has 0 aromatic heterocycles. The normalized spacial score (nSPS) is 24.2. The number of rotatable bonds is 4. The minimum atomic E-state index is -0.535. The second kappa shape index (κ2) is 6.48. The zero-order chi connectivity index (χ0) is 13.0. The van der Waals surface area contributed by atoms with Crippen LogP contribution in [-0.4, -0.2) is 11.9 Å². The molecule has 1 N–H and O–H groups in total. The topological polar surface area (TPSA) is 12.0 Å². The van der Waals surface area contributed by atoms with Crippen LogP contribution in [0.5, 0.6) is 0 Å². The monoisotopic (exact) mass is 273 g/mol. The molecule has 100 valence electrons. The van der Waals surface area contributed by atoms with Crippen molar-refractivity contribution in [3.63, 3.8) is 0 Å². The highest BCUT2D eigenvalue weighted by Gasteiger charge is 2.23. The van der Waals surface area contributed by atoms with Crippen LogP contribution in [0.1, 0.15) is 31.2 Å². The van der Waals surface area contributed by atoms with Gasteiger partial charge in [0.2, 0.25) is 0 Å². The summed E-state index contributed by atoms with van der Waals surface area (Å²) in [5.41, 5.74) is 0.510. The van der Waals surface area contributed by atoms with E-state index >= 15 is 0 Å². The van der Waals surface area contributed by atoms with E-state index in [0.29, 0.717) is 29.9 Å². The zero-order valence-corrected chi connectivity index (χ0v) is 11.0. The third kappa shape index (κ3) is 3.42. The summed E-state index contributed by atoms with van der Waals surface area (Å²) in [6.45, 7) is 0.435. The molecule has 18 heavy (non-hydrogen) atoms. The molecule has 0 saturated heterocycles. The van der Waals surface area contributed by atoms with Gasteiger partial charge in [-0.3, -0.25) is 0 Å². The lowest BCUT2D eigenvalue weighted by atomic mass is 9.85. The first kappa shape index (κ1) is 13.8. The van der Waals surface area contributed by atoms with E-state index in [1.54, 1.807) is 0 Å². The molecule has 0 aliphatic heterocycles. The molecule has 0 heterocycles. The maximum atomic E-state index is 13.5. The molecular formula is C14H18ClF2N. The Labute approximate surface area is 112 Å². The molecule has 1 aromatic rings. The fourth-order valence-corrected chi connectivity index (χ4v) is 2.94. The lowest BCUT2D eigenvalue weighted by Gasteiger charge is -2.31. The molecule has 2 rings (SSSR count). The lowest BCUT2D eigenvalue weighted by molar-refractivity contribution is 0.281. The van der Waals surface area contributed by atoms with Crippen LogP contribution in [0.2, 0.25) is 0 Å². The first-order chi connectivity index (χ1) is 8.70. The van der Waals surface area contributed by atoms with E-state index in [1.807, 2.05) is 0 Å². The van der Waals surface area contributed by atoms with Gasteiger partial charge in [-0.05, 0) is 24.8 Å². The molecule has 1 nitrogen and oxygen atoms in total. The number of hydrogen-bond donors (Lipinski definition) is 1. The van der Waals surface area contributed by atoms with Crippen LogP contribution in [-0.2, 0) is 6.54 Å². The molecule has 1 aliphatic carbocycles. The Bertz CT molecular complexity index is 397. The van der Waals surface area contributed by atoms with Gasteiger partial charge >= 0.3 is 0 Å². The minimum Gasteiger partial charge on any atom is -0.309 e. The van der Waals surface area contributed by atoms with E-state index in [4.69, 9.17) is 11.6 Å². The van der Waals surface area contributed by atoms with Crippen molar-refractivity contribution in [1.29, 1.82) is 0 Å². The van der Waals surface area contributed by atoms with Crippen molar-refractivity contribution in [2.75, 3.05) is 5.88 Å². The van der Waals surface area contributed by atoms with E-state index in [1.165, 1.54) is 25.0 Å². The number of nitrogens with one attached hydrogen (secondary N) is 1. The van der Waals surface area contributed by atoms with Crippen molar-refractivity contribution >= 4 is 11.6 Å². The summed E-state index contributed by atoms with van der Waals surface area (Å²) >= 11 is 5.95. The molecule has 0 amide bonds. The molecule has 0 radical (unpaired) electrons. The predicted octanol–water partition coefficient (Wildman–Crippen LogP) is 3.85. The van der Waals surface area contributed by atoms with Crippen LogP contribution >= 0.6 is 11.6 Å². The van der Waals surface area contributed by atoms with Crippen LogP contribution in [0.15, 0.2) is 18.2 Å². The maximum Gasteiger partial charge on any atom is 0.130 e. The van der Waals surface area contributed by atoms with Gasteiger partial charge in [0, 0.05) is 30.1 Å². The highest BCUT2D eigenvalue weighted by atomic mass is 35.5.